The summed E-state index contributed by atoms with van der Waals surface area (Å²) >= 11 is 0. The van der Waals surface area contributed by atoms with E-state index in [1.165, 1.54) is 5.56 Å². The molecule has 2 rings (SSSR count). The number of ether oxygens (including phenoxy) is 1. The fourth-order valence-electron chi connectivity index (χ4n) is 2.01. The van der Waals surface area contributed by atoms with E-state index in [0.717, 1.165) is 45.9 Å². The van der Waals surface area contributed by atoms with Crippen LogP contribution in [0.15, 0.2) is 36.4 Å². The van der Waals surface area contributed by atoms with Crippen LogP contribution < -0.4 is 30.1 Å². The van der Waals surface area contributed by atoms with E-state index in [2.05, 4.69) is 46.6 Å². The fraction of sp³-hybridized carbons (Fsp3) is 0.467. The van der Waals surface area contributed by atoms with Gasteiger partial charge in [0.05, 0.1) is 13.2 Å². The van der Waals surface area contributed by atoms with Gasteiger partial charge in [0, 0.05) is 32.7 Å². The van der Waals surface area contributed by atoms with Gasteiger partial charge in [0.25, 0.3) is 0 Å². The van der Waals surface area contributed by atoms with Gasteiger partial charge in [-0.2, -0.15) is 0 Å². The molecule has 5 heteroatoms. The van der Waals surface area contributed by atoms with E-state index >= 15 is 0 Å². The number of nitrogens with one attached hydrogen (secondary N) is 1. The third-order valence-electron chi connectivity index (χ3n) is 3.08. The van der Waals surface area contributed by atoms with Crippen molar-refractivity contribution in [2.45, 2.75) is 0 Å². The topological polar surface area (TPSA) is 24.5 Å². The molecule has 0 bridgehead atoms. The number of nitrogens with zero attached hydrogens (tertiary/aromatic N) is 1. The largest absolute Gasteiger partial charge is 1.00 e. The van der Waals surface area contributed by atoms with Gasteiger partial charge in [-0.3, -0.25) is 4.90 Å². The Morgan fingerprint density at radius 1 is 1.10 bits per heavy atom. The van der Waals surface area contributed by atoms with Crippen LogP contribution in [0.2, 0.25) is 0 Å². The third-order valence-corrected chi connectivity index (χ3v) is 3.08. The zero-order valence-corrected chi connectivity index (χ0v) is 13.1. The molecule has 0 unspecified atom stereocenters. The number of hydrogen-bond acceptors (Lipinski definition) is 3. The highest BCUT2D eigenvalue weighted by molar-refractivity contribution is 5.48. The Labute approximate surface area is 134 Å². The minimum absolute atomic E-state index is 0. The standard InChI is InChI=1S/C15H22N2O.2ClH/c1-2-5-15(6-3-1)7-4-8-16-9-10-17-11-13-18-14-12-17;;/h1-7,16H,8-14H2;2*1H/p-2/b7-4+;;. The molecule has 0 spiro atoms. The molecule has 1 saturated heterocycles. The molecular weight excluding hydrogens is 295 g/mol. The van der Waals surface area contributed by atoms with E-state index in [9.17, 15) is 0 Å². The second-order valence-electron chi connectivity index (χ2n) is 4.47. The molecule has 20 heavy (non-hydrogen) atoms. The molecule has 1 aliphatic heterocycles. The summed E-state index contributed by atoms with van der Waals surface area (Å²) in [6.45, 7) is 6.99. The third kappa shape index (κ3) is 7.88. The first-order chi connectivity index (χ1) is 8.95. The molecule has 0 amide bonds. The van der Waals surface area contributed by atoms with E-state index in [4.69, 9.17) is 4.74 Å². The van der Waals surface area contributed by atoms with Gasteiger partial charge >= 0.3 is 0 Å². The SMILES string of the molecule is C(=C\c1ccccc1)/CNCCN1CCOCC1.[Cl-].[Cl-]. The first-order valence-electron chi connectivity index (χ1n) is 6.67. The van der Waals surface area contributed by atoms with Crippen molar-refractivity contribution in [3.63, 3.8) is 0 Å². The van der Waals surface area contributed by atoms with Crippen molar-refractivity contribution >= 4 is 6.08 Å². The number of morpholine rings is 1. The van der Waals surface area contributed by atoms with Gasteiger partial charge in [-0.15, -0.1) is 0 Å². The quantitative estimate of drug-likeness (QED) is 0.537. The van der Waals surface area contributed by atoms with Crippen LogP contribution in [0.1, 0.15) is 5.56 Å². The molecule has 0 radical (unpaired) electrons. The van der Waals surface area contributed by atoms with Crippen LogP contribution in [-0.4, -0.2) is 50.8 Å². The van der Waals surface area contributed by atoms with Gasteiger partial charge in [0.1, 0.15) is 0 Å². The Balaban J connectivity index is 0.00000180. The van der Waals surface area contributed by atoms with E-state index in [0.29, 0.717) is 0 Å². The van der Waals surface area contributed by atoms with E-state index in [-0.39, 0.29) is 24.8 Å². The zero-order valence-electron chi connectivity index (χ0n) is 11.6. The molecule has 114 valence electrons. The molecule has 1 aromatic carbocycles. The molecule has 0 aromatic heterocycles. The normalized spacial score (nSPS) is 15.6. The Kier molecular flexibility index (Phi) is 11.8. The maximum absolute atomic E-state index is 5.32. The maximum atomic E-state index is 5.32. The predicted octanol–water partition coefficient (Wildman–Crippen LogP) is -4.37. The van der Waals surface area contributed by atoms with Crippen molar-refractivity contribution in [1.82, 2.24) is 10.2 Å². The molecule has 1 aromatic rings. The number of rotatable bonds is 6. The maximum Gasteiger partial charge on any atom is 0.0594 e. The van der Waals surface area contributed by atoms with Crippen LogP contribution >= 0.6 is 0 Å². The highest BCUT2D eigenvalue weighted by Gasteiger charge is 2.08. The van der Waals surface area contributed by atoms with Crippen molar-refractivity contribution in [1.29, 1.82) is 0 Å². The van der Waals surface area contributed by atoms with Crippen LogP contribution in [0.3, 0.4) is 0 Å². The van der Waals surface area contributed by atoms with Crippen LogP contribution in [0, 0.1) is 0 Å². The Hall–Kier alpha value is -0.580. The van der Waals surface area contributed by atoms with E-state index < -0.39 is 0 Å². The molecule has 0 saturated carbocycles. The Morgan fingerprint density at radius 2 is 1.80 bits per heavy atom. The van der Waals surface area contributed by atoms with E-state index in [1.807, 2.05) is 6.07 Å². The van der Waals surface area contributed by atoms with Crippen molar-refractivity contribution in [2.75, 3.05) is 45.9 Å². The number of benzene rings is 1. The summed E-state index contributed by atoms with van der Waals surface area (Å²) in [4.78, 5) is 2.44. The average molecular weight is 317 g/mol. The Morgan fingerprint density at radius 3 is 2.50 bits per heavy atom. The zero-order chi connectivity index (χ0) is 12.5. The highest BCUT2D eigenvalue weighted by Crippen LogP contribution is 2.00. The first-order valence-corrected chi connectivity index (χ1v) is 6.67. The van der Waals surface area contributed by atoms with Gasteiger partial charge in [0.2, 0.25) is 0 Å². The Bertz CT molecular complexity index is 354. The summed E-state index contributed by atoms with van der Waals surface area (Å²) in [5.41, 5.74) is 1.26. The van der Waals surface area contributed by atoms with E-state index in [1.54, 1.807) is 0 Å². The van der Waals surface area contributed by atoms with Crippen molar-refractivity contribution < 1.29 is 29.6 Å². The van der Waals surface area contributed by atoms with Gasteiger partial charge in [-0.1, -0.05) is 42.5 Å². The molecule has 1 heterocycles. The number of hydrogen-bond donors (Lipinski definition) is 1. The summed E-state index contributed by atoms with van der Waals surface area (Å²) in [6, 6.07) is 10.4. The lowest BCUT2D eigenvalue weighted by Gasteiger charge is -2.26. The van der Waals surface area contributed by atoms with Crippen molar-refractivity contribution in [3.8, 4) is 0 Å². The smallest absolute Gasteiger partial charge is 0.0594 e. The summed E-state index contributed by atoms with van der Waals surface area (Å²) in [6.07, 6.45) is 4.33. The summed E-state index contributed by atoms with van der Waals surface area (Å²) in [7, 11) is 0. The van der Waals surface area contributed by atoms with Gasteiger partial charge in [-0.25, -0.2) is 0 Å². The summed E-state index contributed by atoms with van der Waals surface area (Å²) < 4.78 is 5.32. The molecule has 0 aliphatic carbocycles. The molecule has 1 N–H and O–H groups in total. The number of halogens is 2. The fourth-order valence-corrected chi connectivity index (χ4v) is 2.01. The highest BCUT2D eigenvalue weighted by atomic mass is 35.5. The lowest BCUT2D eigenvalue weighted by molar-refractivity contribution is -0.00100. The summed E-state index contributed by atoms with van der Waals surface area (Å²) in [5, 5.41) is 3.43. The van der Waals surface area contributed by atoms with Crippen molar-refractivity contribution in [2.24, 2.45) is 0 Å². The van der Waals surface area contributed by atoms with Crippen LogP contribution in [0.4, 0.5) is 0 Å². The average Bonchev–Trinajstić information content (AvgIpc) is 2.45. The van der Waals surface area contributed by atoms with Crippen LogP contribution in [0.25, 0.3) is 6.08 Å². The second kappa shape index (κ2) is 12.2. The van der Waals surface area contributed by atoms with Crippen LogP contribution in [-0.2, 0) is 4.74 Å². The lowest BCUT2D eigenvalue weighted by atomic mass is 10.2. The van der Waals surface area contributed by atoms with Gasteiger partial charge < -0.3 is 34.9 Å². The molecule has 1 fully saturated rings. The van der Waals surface area contributed by atoms with Gasteiger partial charge in [0.15, 0.2) is 0 Å². The molecule has 0 atom stereocenters. The minimum atomic E-state index is 0. The molecular formula is C15H22Cl2N2O-2. The predicted molar refractivity (Wildman–Crippen MR) is 75.6 cm³/mol. The first kappa shape index (κ1) is 19.4. The lowest BCUT2D eigenvalue weighted by Crippen LogP contribution is -3.00. The molecule has 1 aliphatic rings. The monoisotopic (exact) mass is 316 g/mol. The van der Waals surface area contributed by atoms with Crippen LogP contribution in [0.5, 0.6) is 0 Å². The minimum Gasteiger partial charge on any atom is -1.00 e. The molecule has 3 nitrogen and oxygen atoms in total. The van der Waals surface area contributed by atoms with Crippen molar-refractivity contribution in [3.05, 3.63) is 42.0 Å². The van der Waals surface area contributed by atoms with Gasteiger partial charge in [-0.05, 0) is 5.56 Å². The second-order valence-corrected chi connectivity index (χ2v) is 4.47. The summed E-state index contributed by atoms with van der Waals surface area (Å²) in [5.74, 6) is 0.